The van der Waals surface area contributed by atoms with Crippen LogP contribution < -0.4 is 16.0 Å². The molecule has 0 saturated heterocycles. The summed E-state index contributed by atoms with van der Waals surface area (Å²) in [6.45, 7) is -0.456. The number of aromatic amines is 1. The Labute approximate surface area is 204 Å². The zero-order valence-corrected chi connectivity index (χ0v) is 20.4. The molecule has 0 fully saturated rings. The number of benzene rings is 1. The van der Waals surface area contributed by atoms with Gasteiger partial charge in [0.2, 0.25) is 5.95 Å². The highest BCUT2D eigenvalue weighted by atomic mass is 31.2. The molecular weight excluding hydrogens is 501 g/mol. The van der Waals surface area contributed by atoms with Gasteiger partial charge in [0.05, 0.1) is 33.1 Å². The minimum Gasteiger partial charge on any atom is -0.469 e. The maximum atomic E-state index is 12.5. The highest BCUT2D eigenvalue weighted by molar-refractivity contribution is 7.47. The van der Waals surface area contributed by atoms with Crippen LogP contribution >= 0.6 is 7.82 Å². The second kappa shape index (κ2) is 12.6. The summed E-state index contributed by atoms with van der Waals surface area (Å²) < 4.78 is 44.3. The highest BCUT2D eigenvalue weighted by Gasteiger charge is 2.29. The Morgan fingerprint density at radius 1 is 1.25 bits per heavy atom. The zero-order chi connectivity index (χ0) is 26.1. The van der Waals surface area contributed by atoms with Gasteiger partial charge in [0.25, 0.3) is 5.56 Å². The molecule has 0 aliphatic heterocycles. The maximum Gasteiger partial charge on any atom is 0.472 e. The number of anilines is 1. The van der Waals surface area contributed by atoms with Crippen molar-refractivity contribution >= 4 is 30.9 Å². The average molecular weight is 527 g/mol. The number of nitrogen functional groups attached to an aromatic ring is 1. The molecule has 16 heteroatoms. The third-order valence-electron chi connectivity index (χ3n) is 4.64. The van der Waals surface area contributed by atoms with Gasteiger partial charge in [-0.2, -0.15) is 4.98 Å². The Morgan fingerprint density at radius 3 is 2.69 bits per heavy atom. The van der Waals surface area contributed by atoms with Crippen LogP contribution in [0, 0.1) is 0 Å². The molecule has 0 aliphatic carbocycles. The molecule has 0 spiro atoms. The standard InChI is InChI=1S/C20H26N5O10P/c1-30-12-33-14-5-3-13(4-6-14)15(9-16(26)31-2)35-36(28,29)34-8-7-32-11-25-10-22-17-18(25)23-20(21)24-19(17)27/h3-6,10,15H,7-9,11-12H2,1-2H3,(H,28,29)(H3,21,23,24,27). The van der Waals surface area contributed by atoms with Crippen LogP contribution in [-0.2, 0) is 39.3 Å². The molecule has 1 aromatic carbocycles. The molecule has 0 aliphatic rings. The van der Waals surface area contributed by atoms with Crippen molar-refractivity contribution in [3.05, 3.63) is 46.5 Å². The summed E-state index contributed by atoms with van der Waals surface area (Å²) in [5.74, 6) is -0.232. The zero-order valence-electron chi connectivity index (χ0n) is 19.5. The first-order valence-corrected chi connectivity index (χ1v) is 11.9. The summed E-state index contributed by atoms with van der Waals surface area (Å²) in [5, 5.41) is 0. The number of phosphoric acid groups is 1. The van der Waals surface area contributed by atoms with Crippen molar-refractivity contribution in [3.8, 4) is 5.75 Å². The predicted molar refractivity (Wildman–Crippen MR) is 124 cm³/mol. The Balaban J connectivity index is 1.55. The van der Waals surface area contributed by atoms with Crippen LogP contribution in [-0.4, -0.2) is 64.6 Å². The fourth-order valence-electron chi connectivity index (χ4n) is 2.99. The van der Waals surface area contributed by atoms with E-state index in [0.29, 0.717) is 11.3 Å². The number of nitrogens with one attached hydrogen (secondary N) is 1. The number of phosphoric ester groups is 1. The molecule has 3 aromatic rings. The smallest absolute Gasteiger partial charge is 0.469 e. The minimum absolute atomic E-state index is 0.0448. The quantitative estimate of drug-likeness (QED) is 0.117. The van der Waals surface area contributed by atoms with Crippen molar-refractivity contribution < 1.29 is 42.2 Å². The van der Waals surface area contributed by atoms with Gasteiger partial charge in [0.15, 0.2) is 18.0 Å². The largest absolute Gasteiger partial charge is 0.472 e. The normalized spacial score (nSPS) is 13.9. The molecule has 0 amide bonds. The van der Waals surface area contributed by atoms with E-state index in [1.54, 1.807) is 24.3 Å². The molecule has 0 bridgehead atoms. The van der Waals surface area contributed by atoms with Crippen molar-refractivity contribution in [3.63, 3.8) is 0 Å². The Bertz CT molecular complexity index is 1260. The van der Waals surface area contributed by atoms with E-state index in [1.807, 2.05) is 0 Å². The van der Waals surface area contributed by atoms with Crippen LogP contribution in [0.15, 0.2) is 35.4 Å². The first-order chi connectivity index (χ1) is 17.2. The Morgan fingerprint density at radius 2 is 2.00 bits per heavy atom. The van der Waals surface area contributed by atoms with E-state index in [0.717, 1.165) is 0 Å². The highest BCUT2D eigenvalue weighted by Crippen LogP contribution is 2.48. The number of ether oxygens (including phenoxy) is 4. The number of H-pyrrole nitrogens is 1. The third kappa shape index (κ3) is 7.58. The van der Waals surface area contributed by atoms with Gasteiger partial charge in [-0.05, 0) is 17.7 Å². The second-order valence-electron chi connectivity index (χ2n) is 7.17. The number of rotatable bonds is 14. The first kappa shape index (κ1) is 27.3. The monoisotopic (exact) mass is 527 g/mol. The van der Waals surface area contributed by atoms with Gasteiger partial charge in [-0.1, -0.05) is 12.1 Å². The number of carbonyl (C=O) groups is 1. The number of hydrogen-bond donors (Lipinski definition) is 3. The lowest BCUT2D eigenvalue weighted by Crippen LogP contribution is -2.14. The number of fused-ring (bicyclic) bond motifs is 1. The van der Waals surface area contributed by atoms with Gasteiger partial charge in [0.1, 0.15) is 18.6 Å². The lowest BCUT2D eigenvalue weighted by molar-refractivity contribution is -0.142. The topological polar surface area (TPSA) is 199 Å². The Hall–Kier alpha value is -3.33. The van der Waals surface area contributed by atoms with Gasteiger partial charge < -0.3 is 29.6 Å². The van der Waals surface area contributed by atoms with E-state index in [9.17, 15) is 19.0 Å². The number of esters is 1. The summed E-state index contributed by atoms with van der Waals surface area (Å²) in [5.41, 5.74) is 5.79. The molecule has 15 nitrogen and oxygen atoms in total. The molecule has 2 heterocycles. The van der Waals surface area contributed by atoms with Crippen LogP contribution in [0.2, 0.25) is 0 Å². The maximum absolute atomic E-state index is 12.5. The molecule has 2 aromatic heterocycles. The molecule has 0 radical (unpaired) electrons. The van der Waals surface area contributed by atoms with E-state index in [1.165, 1.54) is 25.1 Å². The fraction of sp³-hybridized carbons (Fsp3) is 0.400. The Kier molecular flexibility index (Phi) is 9.52. The number of nitrogens with zero attached hydrogens (tertiary/aromatic N) is 3. The summed E-state index contributed by atoms with van der Waals surface area (Å²) in [6, 6.07) is 6.33. The molecule has 36 heavy (non-hydrogen) atoms. The summed E-state index contributed by atoms with van der Waals surface area (Å²) in [6.07, 6.45) is -0.115. The number of imidazole rings is 1. The molecule has 196 valence electrons. The molecule has 4 N–H and O–H groups in total. The number of nitrogens with two attached hydrogens (primary N) is 1. The lowest BCUT2D eigenvalue weighted by Gasteiger charge is -2.20. The number of carbonyl (C=O) groups excluding carboxylic acids is 1. The molecular formula is C20H26N5O10P. The minimum atomic E-state index is -4.60. The predicted octanol–water partition coefficient (Wildman–Crippen LogP) is 1.10. The molecule has 3 rings (SSSR count). The van der Waals surface area contributed by atoms with E-state index < -0.39 is 25.5 Å². The second-order valence-corrected chi connectivity index (χ2v) is 8.58. The van der Waals surface area contributed by atoms with Crippen molar-refractivity contribution in [1.29, 1.82) is 0 Å². The first-order valence-electron chi connectivity index (χ1n) is 10.4. The van der Waals surface area contributed by atoms with Crippen molar-refractivity contribution in [2.75, 3.05) is 40.0 Å². The van der Waals surface area contributed by atoms with Crippen LogP contribution in [0.3, 0.4) is 0 Å². The van der Waals surface area contributed by atoms with E-state index in [4.69, 9.17) is 29.0 Å². The summed E-state index contributed by atoms with van der Waals surface area (Å²) in [7, 11) is -1.92. The van der Waals surface area contributed by atoms with Crippen molar-refractivity contribution in [1.82, 2.24) is 19.5 Å². The number of methoxy groups -OCH3 is 2. The van der Waals surface area contributed by atoms with E-state index in [-0.39, 0.29) is 50.3 Å². The van der Waals surface area contributed by atoms with Crippen LogP contribution in [0.1, 0.15) is 18.1 Å². The van der Waals surface area contributed by atoms with Crippen molar-refractivity contribution in [2.24, 2.45) is 0 Å². The molecule has 0 saturated carbocycles. The van der Waals surface area contributed by atoms with Crippen molar-refractivity contribution in [2.45, 2.75) is 19.3 Å². The summed E-state index contributed by atoms with van der Waals surface area (Å²) in [4.78, 5) is 44.1. The van der Waals surface area contributed by atoms with Gasteiger partial charge in [-0.25, -0.2) is 9.55 Å². The number of hydrogen-bond acceptors (Lipinski definition) is 12. The lowest BCUT2D eigenvalue weighted by atomic mass is 10.1. The van der Waals surface area contributed by atoms with Crippen LogP contribution in [0.25, 0.3) is 11.2 Å². The molecule has 2 atom stereocenters. The van der Waals surface area contributed by atoms with E-state index in [2.05, 4.69) is 19.7 Å². The average Bonchev–Trinajstić information content (AvgIpc) is 3.25. The van der Waals surface area contributed by atoms with Gasteiger partial charge in [-0.3, -0.25) is 28.2 Å². The SMILES string of the molecule is COCOc1ccc(C(CC(=O)OC)OP(=O)(O)OCCOCn2cnc3c(=O)[nH]c(N)nc32)cc1. The third-order valence-corrected chi connectivity index (χ3v) is 5.67. The molecule has 2 unspecified atom stereocenters. The van der Waals surface area contributed by atoms with Crippen LogP contribution in [0.4, 0.5) is 5.95 Å². The summed E-state index contributed by atoms with van der Waals surface area (Å²) >= 11 is 0. The fourth-order valence-corrected chi connectivity index (χ4v) is 3.87. The number of aromatic nitrogens is 4. The van der Waals surface area contributed by atoms with E-state index >= 15 is 0 Å². The van der Waals surface area contributed by atoms with Crippen LogP contribution in [0.5, 0.6) is 5.75 Å². The van der Waals surface area contributed by atoms with Gasteiger partial charge in [0, 0.05) is 7.11 Å². The van der Waals surface area contributed by atoms with Gasteiger partial charge >= 0.3 is 13.8 Å². The van der Waals surface area contributed by atoms with Gasteiger partial charge in [-0.15, -0.1) is 0 Å².